The molecule has 0 aliphatic carbocycles. The lowest BCUT2D eigenvalue weighted by Crippen LogP contribution is -2.47. The number of carbonyl (C=O) groups excluding carboxylic acids is 2. The molecule has 1 aromatic carbocycles. The number of thiazole rings is 1. The number of aromatic nitrogens is 2. The Bertz CT molecular complexity index is 1190. The summed E-state index contributed by atoms with van der Waals surface area (Å²) >= 11 is 1.56. The molecule has 8 heteroatoms. The molecule has 3 heterocycles. The highest BCUT2D eigenvalue weighted by atomic mass is 32.1. The average molecular weight is 423 g/mol. The van der Waals surface area contributed by atoms with Gasteiger partial charge in [0, 0.05) is 35.8 Å². The summed E-state index contributed by atoms with van der Waals surface area (Å²) in [5, 5.41) is 9.54. The van der Waals surface area contributed by atoms with Crippen molar-refractivity contribution < 1.29 is 14.0 Å². The third-order valence-corrected chi connectivity index (χ3v) is 5.54. The van der Waals surface area contributed by atoms with Gasteiger partial charge in [-0.25, -0.2) is 4.98 Å². The number of amides is 2. The van der Waals surface area contributed by atoms with Crippen LogP contribution in [0.1, 0.15) is 23.3 Å². The molecule has 0 unspecified atom stereocenters. The Morgan fingerprint density at radius 2 is 2.07 bits per heavy atom. The number of furan rings is 1. The molecule has 0 fully saturated rings. The monoisotopic (exact) mass is 422 g/mol. The second-order valence-corrected chi connectivity index (χ2v) is 8.11. The summed E-state index contributed by atoms with van der Waals surface area (Å²) in [4.78, 5) is 32.1. The molecule has 7 nitrogen and oxygen atoms in total. The number of hydrogen-bond acceptors (Lipinski definition) is 5. The molecule has 30 heavy (non-hydrogen) atoms. The SMILES string of the molecule is CC(=O)N[C@H](Cc1c[nH]c2ccccc12)C(=O)NCc1ccc(-c2csc(C)n2)o1. The van der Waals surface area contributed by atoms with Crippen molar-refractivity contribution in [1.82, 2.24) is 20.6 Å². The molecule has 0 spiro atoms. The number of nitrogens with one attached hydrogen (secondary N) is 3. The number of aryl methyl sites for hydroxylation is 1. The van der Waals surface area contributed by atoms with Crippen LogP contribution in [-0.2, 0) is 22.6 Å². The van der Waals surface area contributed by atoms with E-state index in [1.54, 1.807) is 11.3 Å². The van der Waals surface area contributed by atoms with Gasteiger partial charge in [0.05, 0.1) is 11.6 Å². The summed E-state index contributed by atoms with van der Waals surface area (Å²) in [6, 6.07) is 10.8. The molecule has 0 aliphatic heterocycles. The van der Waals surface area contributed by atoms with Gasteiger partial charge in [-0.3, -0.25) is 9.59 Å². The van der Waals surface area contributed by atoms with Gasteiger partial charge >= 0.3 is 0 Å². The predicted molar refractivity (Wildman–Crippen MR) is 116 cm³/mol. The summed E-state index contributed by atoms with van der Waals surface area (Å²) < 4.78 is 5.79. The van der Waals surface area contributed by atoms with Crippen LogP contribution >= 0.6 is 11.3 Å². The number of hydrogen-bond donors (Lipinski definition) is 3. The Kier molecular flexibility index (Phi) is 5.67. The number of rotatable bonds is 7. The maximum atomic E-state index is 12.8. The fourth-order valence-corrected chi connectivity index (χ4v) is 3.96. The quantitative estimate of drug-likeness (QED) is 0.424. The van der Waals surface area contributed by atoms with Gasteiger partial charge in [0.15, 0.2) is 5.76 Å². The molecular formula is C22H22N4O3S. The maximum absolute atomic E-state index is 12.8. The number of para-hydroxylation sites is 1. The zero-order valence-corrected chi connectivity index (χ0v) is 17.5. The summed E-state index contributed by atoms with van der Waals surface area (Å²) in [5.41, 5.74) is 2.75. The van der Waals surface area contributed by atoms with Crippen LogP contribution < -0.4 is 10.6 Å². The summed E-state index contributed by atoms with van der Waals surface area (Å²) in [6.07, 6.45) is 2.26. The number of nitrogens with zero attached hydrogens (tertiary/aromatic N) is 1. The fourth-order valence-electron chi connectivity index (χ4n) is 3.36. The first kappa shape index (κ1) is 19.9. The van der Waals surface area contributed by atoms with Gasteiger partial charge in [0.1, 0.15) is 17.5 Å². The number of carbonyl (C=O) groups is 2. The number of H-pyrrole nitrogens is 1. The largest absolute Gasteiger partial charge is 0.458 e. The van der Waals surface area contributed by atoms with Gasteiger partial charge in [-0.05, 0) is 30.7 Å². The fraction of sp³-hybridized carbons (Fsp3) is 0.227. The maximum Gasteiger partial charge on any atom is 0.243 e. The van der Waals surface area contributed by atoms with Crippen LogP contribution in [0.15, 0.2) is 52.4 Å². The van der Waals surface area contributed by atoms with E-state index in [1.807, 2.05) is 54.9 Å². The van der Waals surface area contributed by atoms with Crippen LogP contribution in [0.4, 0.5) is 0 Å². The molecule has 4 aromatic rings. The first-order valence-electron chi connectivity index (χ1n) is 9.60. The Hall–Kier alpha value is -3.39. The predicted octanol–water partition coefficient (Wildman–Crippen LogP) is 3.56. The van der Waals surface area contributed by atoms with Gasteiger partial charge in [-0.15, -0.1) is 11.3 Å². The summed E-state index contributed by atoms with van der Waals surface area (Å²) in [7, 11) is 0. The lowest BCUT2D eigenvalue weighted by atomic mass is 10.0. The molecule has 2 amide bonds. The molecule has 154 valence electrons. The first-order valence-corrected chi connectivity index (χ1v) is 10.5. The highest BCUT2D eigenvalue weighted by Gasteiger charge is 2.21. The van der Waals surface area contributed by atoms with Crippen molar-refractivity contribution >= 4 is 34.1 Å². The van der Waals surface area contributed by atoms with Gasteiger partial charge in [0.2, 0.25) is 11.8 Å². The van der Waals surface area contributed by atoms with Gasteiger partial charge < -0.3 is 20.0 Å². The van der Waals surface area contributed by atoms with Gasteiger partial charge in [-0.1, -0.05) is 18.2 Å². The van der Waals surface area contributed by atoms with Crippen LogP contribution in [-0.4, -0.2) is 27.8 Å². The van der Waals surface area contributed by atoms with E-state index >= 15 is 0 Å². The average Bonchev–Trinajstić information content (AvgIpc) is 3.45. The van der Waals surface area contributed by atoms with Gasteiger partial charge in [0.25, 0.3) is 0 Å². The van der Waals surface area contributed by atoms with Crippen LogP contribution in [0.5, 0.6) is 0 Å². The van der Waals surface area contributed by atoms with Crippen molar-refractivity contribution in [3.63, 3.8) is 0 Å². The van der Waals surface area contributed by atoms with E-state index in [9.17, 15) is 9.59 Å². The van der Waals surface area contributed by atoms with E-state index in [4.69, 9.17) is 4.42 Å². The Labute approximate surface area is 177 Å². The molecule has 0 saturated carbocycles. The highest BCUT2D eigenvalue weighted by molar-refractivity contribution is 7.09. The van der Waals surface area contributed by atoms with Crippen molar-refractivity contribution in [2.75, 3.05) is 0 Å². The second kappa shape index (κ2) is 8.54. The Balaban J connectivity index is 1.43. The van der Waals surface area contributed by atoms with Crippen molar-refractivity contribution in [3.8, 4) is 11.5 Å². The zero-order chi connectivity index (χ0) is 21.1. The number of benzene rings is 1. The topological polar surface area (TPSA) is 100 Å². The van der Waals surface area contributed by atoms with E-state index in [0.29, 0.717) is 17.9 Å². The Morgan fingerprint density at radius 3 is 2.83 bits per heavy atom. The van der Waals surface area contributed by atoms with E-state index in [-0.39, 0.29) is 18.4 Å². The summed E-state index contributed by atoms with van der Waals surface area (Å²) in [6.45, 7) is 3.57. The van der Waals surface area contributed by atoms with Crippen LogP contribution in [0.3, 0.4) is 0 Å². The van der Waals surface area contributed by atoms with E-state index in [0.717, 1.165) is 27.2 Å². The van der Waals surface area contributed by atoms with Crippen molar-refractivity contribution in [2.45, 2.75) is 32.9 Å². The van der Waals surface area contributed by atoms with Crippen molar-refractivity contribution in [2.24, 2.45) is 0 Å². The molecular weight excluding hydrogens is 400 g/mol. The third kappa shape index (κ3) is 4.44. The molecule has 4 rings (SSSR count). The van der Waals surface area contributed by atoms with E-state index in [1.165, 1.54) is 6.92 Å². The lowest BCUT2D eigenvalue weighted by Gasteiger charge is -2.17. The highest BCUT2D eigenvalue weighted by Crippen LogP contribution is 2.24. The van der Waals surface area contributed by atoms with Crippen LogP contribution in [0.25, 0.3) is 22.4 Å². The summed E-state index contributed by atoms with van der Waals surface area (Å²) in [5.74, 6) is 0.769. The minimum absolute atomic E-state index is 0.228. The normalized spacial score (nSPS) is 12.1. The lowest BCUT2D eigenvalue weighted by molar-refractivity contribution is -0.128. The molecule has 0 bridgehead atoms. The van der Waals surface area contributed by atoms with Crippen LogP contribution in [0, 0.1) is 6.92 Å². The van der Waals surface area contributed by atoms with Crippen molar-refractivity contribution in [3.05, 3.63) is 64.3 Å². The second-order valence-electron chi connectivity index (χ2n) is 7.05. The smallest absolute Gasteiger partial charge is 0.243 e. The molecule has 3 N–H and O–H groups in total. The molecule has 3 aromatic heterocycles. The molecule has 0 saturated heterocycles. The molecule has 0 aliphatic rings. The molecule has 1 atom stereocenters. The third-order valence-electron chi connectivity index (χ3n) is 4.76. The number of aromatic amines is 1. The zero-order valence-electron chi connectivity index (χ0n) is 16.7. The van der Waals surface area contributed by atoms with Crippen LogP contribution in [0.2, 0.25) is 0 Å². The Morgan fingerprint density at radius 1 is 1.23 bits per heavy atom. The minimum atomic E-state index is -0.683. The van der Waals surface area contributed by atoms with Gasteiger partial charge in [-0.2, -0.15) is 0 Å². The van der Waals surface area contributed by atoms with Crippen molar-refractivity contribution in [1.29, 1.82) is 0 Å². The van der Waals surface area contributed by atoms with E-state index in [2.05, 4.69) is 20.6 Å². The first-order chi connectivity index (χ1) is 14.5. The molecule has 0 radical (unpaired) electrons. The number of fused-ring (bicyclic) bond motifs is 1. The van der Waals surface area contributed by atoms with E-state index < -0.39 is 6.04 Å². The standard InChI is InChI=1S/C22H22N4O3S/c1-13(27)25-19(9-15-10-23-18-6-4-3-5-17(15)18)22(28)24-11-16-7-8-21(29-16)20-12-30-14(2)26-20/h3-8,10,12,19,23H,9,11H2,1-2H3,(H,24,28)(H,25,27)/t19-/m1/s1. The minimum Gasteiger partial charge on any atom is -0.458 e.